The third kappa shape index (κ3) is 3.71. The number of methoxy groups -OCH3 is 1. The van der Waals surface area contributed by atoms with Gasteiger partial charge in [0.1, 0.15) is 11.6 Å². The smallest absolute Gasteiger partial charge is 0.258 e. The highest BCUT2D eigenvalue weighted by atomic mass is 16.5. The molecule has 7 nitrogen and oxygen atoms in total. The summed E-state index contributed by atoms with van der Waals surface area (Å²) in [4.78, 5) is 32.3. The second kappa shape index (κ2) is 8.09. The summed E-state index contributed by atoms with van der Waals surface area (Å²) in [5.74, 6) is 1.31. The molecular formula is C26H24N4O3. The summed E-state index contributed by atoms with van der Waals surface area (Å²) in [5, 5.41) is 2.96. The van der Waals surface area contributed by atoms with Crippen LogP contribution in [-0.2, 0) is 13.5 Å². The molecule has 0 aliphatic carbocycles. The normalized spacial score (nSPS) is 12.6. The summed E-state index contributed by atoms with van der Waals surface area (Å²) < 4.78 is 7.17. The molecule has 0 spiro atoms. The van der Waals surface area contributed by atoms with Crippen molar-refractivity contribution in [3.8, 4) is 5.75 Å². The lowest BCUT2D eigenvalue weighted by Gasteiger charge is -2.18. The van der Waals surface area contributed by atoms with Crippen molar-refractivity contribution in [1.29, 1.82) is 0 Å². The van der Waals surface area contributed by atoms with Crippen LogP contribution in [0.4, 0.5) is 11.4 Å². The SMILES string of the molecule is COc1ccc(C(=O)N2CCc3ccc(NC(=O)c4ccc5c(c4)nc(C)n5C)cc32)cc1. The summed E-state index contributed by atoms with van der Waals surface area (Å²) >= 11 is 0. The number of carbonyl (C=O) groups is 2. The first-order valence-electron chi connectivity index (χ1n) is 10.8. The number of anilines is 2. The second-order valence-electron chi connectivity index (χ2n) is 8.15. The molecule has 1 aliphatic rings. The average Bonchev–Trinajstić information content (AvgIpc) is 3.38. The van der Waals surface area contributed by atoms with E-state index in [1.54, 1.807) is 48.4 Å². The number of fused-ring (bicyclic) bond motifs is 2. The fourth-order valence-corrected chi connectivity index (χ4v) is 4.22. The largest absolute Gasteiger partial charge is 0.497 e. The number of carbonyl (C=O) groups excluding carboxylic acids is 2. The minimum Gasteiger partial charge on any atom is -0.497 e. The standard InChI is InChI=1S/C26H24N4O3/c1-16-27-22-14-19(7-11-23(22)29(16)2)25(31)28-20-8-4-17-12-13-30(24(17)15-20)26(32)18-5-9-21(33-3)10-6-18/h4-11,14-15H,12-13H2,1-3H3,(H,28,31). The number of hydrogen-bond acceptors (Lipinski definition) is 4. The summed E-state index contributed by atoms with van der Waals surface area (Å²) in [6.45, 7) is 2.54. The van der Waals surface area contributed by atoms with Gasteiger partial charge in [-0.3, -0.25) is 9.59 Å². The van der Waals surface area contributed by atoms with Gasteiger partial charge in [0.25, 0.3) is 11.8 Å². The number of aromatic nitrogens is 2. The Morgan fingerprint density at radius 3 is 2.52 bits per heavy atom. The predicted molar refractivity (Wildman–Crippen MR) is 128 cm³/mol. The Morgan fingerprint density at radius 1 is 1.00 bits per heavy atom. The molecule has 2 heterocycles. The molecule has 0 saturated carbocycles. The third-order valence-corrected chi connectivity index (χ3v) is 6.19. The highest BCUT2D eigenvalue weighted by Crippen LogP contribution is 2.32. The molecule has 0 bridgehead atoms. The molecule has 2 amide bonds. The van der Waals surface area contributed by atoms with Crippen molar-refractivity contribution in [3.63, 3.8) is 0 Å². The number of ether oxygens (including phenoxy) is 1. The number of amides is 2. The number of nitrogens with zero attached hydrogens (tertiary/aromatic N) is 3. The number of benzene rings is 3. The fourth-order valence-electron chi connectivity index (χ4n) is 4.22. The van der Waals surface area contributed by atoms with E-state index >= 15 is 0 Å². The highest BCUT2D eigenvalue weighted by molar-refractivity contribution is 6.09. The van der Waals surface area contributed by atoms with Gasteiger partial charge in [-0.25, -0.2) is 4.98 Å². The van der Waals surface area contributed by atoms with Crippen LogP contribution in [0.25, 0.3) is 11.0 Å². The Bertz CT molecular complexity index is 1390. The number of hydrogen-bond donors (Lipinski definition) is 1. The van der Waals surface area contributed by atoms with Gasteiger partial charge in [0.2, 0.25) is 0 Å². The minimum absolute atomic E-state index is 0.0733. The van der Waals surface area contributed by atoms with Crippen LogP contribution in [0.15, 0.2) is 60.7 Å². The van der Waals surface area contributed by atoms with Gasteiger partial charge in [0.15, 0.2) is 0 Å². The van der Waals surface area contributed by atoms with E-state index in [1.807, 2.05) is 42.8 Å². The minimum atomic E-state index is -0.216. The number of imidazole rings is 1. The van der Waals surface area contributed by atoms with Crippen LogP contribution < -0.4 is 15.0 Å². The van der Waals surface area contributed by atoms with Crippen LogP contribution in [0, 0.1) is 6.92 Å². The first-order chi connectivity index (χ1) is 15.9. The molecule has 0 saturated heterocycles. The maximum absolute atomic E-state index is 13.1. The van der Waals surface area contributed by atoms with E-state index < -0.39 is 0 Å². The molecule has 0 radical (unpaired) electrons. The molecule has 166 valence electrons. The van der Waals surface area contributed by atoms with Crippen molar-refractivity contribution in [1.82, 2.24) is 9.55 Å². The first-order valence-corrected chi connectivity index (χ1v) is 10.8. The Morgan fingerprint density at radius 2 is 1.76 bits per heavy atom. The van der Waals surface area contributed by atoms with Gasteiger partial charge in [0, 0.05) is 36.1 Å². The third-order valence-electron chi connectivity index (χ3n) is 6.19. The molecular weight excluding hydrogens is 416 g/mol. The zero-order valence-corrected chi connectivity index (χ0v) is 18.8. The van der Waals surface area contributed by atoms with Crippen LogP contribution in [0.2, 0.25) is 0 Å². The molecule has 1 aliphatic heterocycles. The Balaban J connectivity index is 1.38. The summed E-state index contributed by atoms with van der Waals surface area (Å²) in [6.07, 6.45) is 0.779. The van der Waals surface area contributed by atoms with E-state index in [0.29, 0.717) is 29.1 Å². The average molecular weight is 441 g/mol. The Kier molecular flexibility index (Phi) is 5.09. The quantitative estimate of drug-likeness (QED) is 0.512. The number of nitrogens with one attached hydrogen (secondary N) is 1. The molecule has 0 atom stereocenters. The molecule has 0 fully saturated rings. The van der Waals surface area contributed by atoms with E-state index in [4.69, 9.17) is 4.74 Å². The Hall–Kier alpha value is -4.13. The van der Waals surface area contributed by atoms with E-state index in [-0.39, 0.29) is 11.8 Å². The Labute approximate surface area is 191 Å². The summed E-state index contributed by atoms with van der Waals surface area (Å²) in [7, 11) is 3.55. The fraction of sp³-hybridized carbons (Fsp3) is 0.192. The van der Waals surface area contributed by atoms with Gasteiger partial charge < -0.3 is 19.5 Å². The van der Waals surface area contributed by atoms with Crippen LogP contribution in [0.1, 0.15) is 32.1 Å². The van der Waals surface area contributed by atoms with Crippen molar-refractivity contribution in [2.45, 2.75) is 13.3 Å². The highest BCUT2D eigenvalue weighted by Gasteiger charge is 2.26. The van der Waals surface area contributed by atoms with Crippen molar-refractivity contribution in [2.75, 3.05) is 23.9 Å². The van der Waals surface area contributed by atoms with Crippen LogP contribution in [0.5, 0.6) is 5.75 Å². The molecule has 0 unspecified atom stereocenters. The van der Waals surface area contributed by atoms with Gasteiger partial charge in [-0.2, -0.15) is 0 Å². The predicted octanol–water partition coefficient (Wildman–Crippen LogP) is 4.35. The monoisotopic (exact) mass is 440 g/mol. The maximum Gasteiger partial charge on any atom is 0.258 e. The molecule has 1 aromatic heterocycles. The molecule has 7 heteroatoms. The zero-order chi connectivity index (χ0) is 23.1. The van der Waals surface area contributed by atoms with Crippen LogP contribution >= 0.6 is 0 Å². The number of aryl methyl sites for hydroxylation is 2. The van der Waals surface area contributed by atoms with Crippen molar-refractivity contribution in [2.24, 2.45) is 7.05 Å². The molecule has 4 aromatic rings. The lowest BCUT2D eigenvalue weighted by molar-refractivity contribution is 0.0988. The van der Waals surface area contributed by atoms with E-state index in [0.717, 1.165) is 34.5 Å². The first kappa shape index (κ1) is 20.8. The molecule has 3 aromatic carbocycles. The lowest BCUT2D eigenvalue weighted by atomic mass is 10.1. The van der Waals surface area contributed by atoms with Crippen molar-refractivity contribution in [3.05, 3.63) is 83.2 Å². The topological polar surface area (TPSA) is 76.5 Å². The van der Waals surface area contributed by atoms with Gasteiger partial charge in [-0.1, -0.05) is 6.07 Å². The second-order valence-corrected chi connectivity index (χ2v) is 8.15. The van der Waals surface area contributed by atoms with E-state index in [9.17, 15) is 9.59 Å². The van der Waals surface area contributed by atoms with Gasteiger partial charge in [-0.15, -0.1) is 0 Å². The van der Waals surface area contributed by atoms with Gasteiger partial charge >= 0.3 is 0 Å². The lowest BCUT2D eigenvalue weighted by Crippen LogP contribution is -2.28. The van der Waals surface area contributed by atoms with E-state index in [1.165, 1.54) is 0 Å². The summed E-state index contributed by atoms with van der Waals surface area (Å²) in [6, 6.07) is 18.3. The molecule has 1 N–H and O–H groups in total. The number of rotatable bonds is 4. The van der Waals surface area contributed by atoms with E-state index in [2.05, 4.69) is 10.3 Å². The van der Waals surface area contributed by atoms with Crippen molar-refractivity contribution < 1.29 is 14.3 Å². The molecule has 33 heavy (non-hydrogen) atoms. The zero-order valence-electron chi connectivity index (χ0n) is 18.8. The maximum atomic E-state index is 13.1. The van der Waals surface area contributed by atoms with Crippen molar-refractivity contribution >= 4 is 34.2 Å². The van der Waals surface area contributed by atoms with Gasteiger partial charge in [-0.05, 0) is 73.5 Å². The van der Waals surface area contributed by atoms with Gasteiger partial charge in [0.05, 0.1) is 18.1 Å². The summed E-state index contributed by atoms with van der Waals surface area (Å²) in [5.41, 5.74) is 5.45. The van der Waals surface area contributed by atoms with Crippen LogP contribution in [-0.4, -0.2) is 35.0 Å². The van der Waals surface area contributed by atoms with Crippen LogP contribution in [0.3, 0.4) is 0 Å². The molecule has 5 rings (SSSR count).